The van der Waals surface area contributed by atoms with Crippen LogP contribution in [0.25, 0.3) is 0 Å². The van der Waals surface area contributed by atoms with E-state index in [0.29, 0.717) is 11.8 Å². The Hall–Kier alpha value is -0.500. The van der Waals surface area contributed by atoms with Gasteiger partial charge in [-0.3, -0.25) is 0 Å². The van der Waals surface area contributed by atoms with Crippen molar-refractivity contribution in [3.8, 4) is 0 Å². The maximum atomic E-state index is 5.76. The van der Waals surface area contributed by atoms with Crippen molar-refractivity contribution >= 4 is 11.6 Å². The standard InChI is InChI=1S/C10H17ClN2/c1-3-4-10-12-5-6-13(10)8-9(2)7-11/h5-6,9H,3-4,7-8H2,1-2H3. The van der Waals surface area contributed by atoms with E-state index < -0.39 is 0 Å². The van der Waals surface area contributed by atoms with E-state index in [4.69, 9.17) is 11.6 Å². The molecular formula is C10H17ClN2. The summed E-state index contributed by atoms with van der Waals surface area (Å²) in [6, 6.07) is 0. The topological polar surface area (TPSA) is 17.8 Å². The zero-order valence-corrected chi connectivity index (χ0v) is 9.09. The highest BCUT2D eigenvalue weighted by atomic mass is 35.5. The summed E-state index contributed by atoms with van der Waals surface area (Å²) in [4.78, 5) is 4.31. The van der Waals surface area contributed by atoms with Crippen LogP contribution in [0.15, 0.2) is 12.4 Å². The second-order valence-corrected chi connectivity index (χ2v) is 3.81. The first kappa shape index (κ1) is 10.6. The van der Waals surface area contributed by atoms with Gasteiger partial charge in [0.05, 0.1) is 0 Å². The highest BCUT2D eigenvalue weighted by Crippen LogP contribution is 2.07. The first-order chi connectivity index (χ1) is 6.27. The molecule has 0 aliphatic heterocycles. The van der Waals surface area contributed by atoms with Crippen molar-refractivity contribution in [3.63, 3.8) is 0 Å². The monoisotopic (exact) mass is 200 g/mol. The first-order valence-electron chi connectivity index (χ1n) is 4.83. The van der Waals surface area contributed by atoms with Crippen LogP contribution < -0.4 is 0 Å². The van der Waals surface area contributed by atoms with E-state index in [2.05, 4.69) is 23.4 Å². The predicted molar refractivity (Wildman–Crippen MR) is 56.1 cm³/mol. The fourth-order valence-corrected chi connectivity index (χ4v) is 1.44. The lowest BCUT2D eigenvalue weighted by atomic mass is 10.2. The van der Waals surface area contributed by atoms with E-state index in [0.717, 1.165) is 19.4 Å². The summed E-state index contributed by atoms with van der Waals surface area (Å²) in [6.07, 6.45) is 6.11. The number of imidazole rings is 1. The molecule has 0 bridgehead atoms. The Morgan fingerprint density at radius 2 is 2.38 bits per heavy atom. The van der Waals surface area contributed by atoms with Crippen LogP contribution in [0.2, 0.25) is 0 Å². The van der Waals surface area contributed by atoms with Crippen molar-refractivity contribution < 1.29 is 0 Å². The summed E-state index contributed by atoms with van der Waals surface area (Å²) in [5.74, 6) is 2.41. The summed E-state index contributed by atoms with van der Waals surface area (Å²) >= 11 is 5.76. The largest absolute Gasteiger partial charge is 0.335 e. The molecule has 2 nitrogen and oxygen atoms in total. The maximum Gasteiger partial charge on any atom is 0.108 e. The van der Waals surface area contributed by atoms with Gasteiger partial charge >= 0.3 is 0 Å². The Balaban J connectivity index is 2.59. The summed E-state index contributed by atoms with van der Waals surface area (Å²) in [6.45, 7) is 5.31. The van der Waals surface area contributed by atoms with Gasteiger partial charge < -0.3 is 4.57 Å². The highest BCUT2D eigenvalue weighted by molar-refractivity contribution is 6.18. The lowest BCUT2D eigenvalue weighted by Gasteiger charge is -2.11. The van der Waals surface area contributed by atoms with Gasteiger partial charge in [0.2, 0.25) is 0 Å². The van der Waals surface area contributed by atoms with E-state index >= 15 is 0 Å². The molecule has 0 amide bonds. The first-order valence-corrected chi connectivity index (χ1v) is 5.37. The normalized spacial score (nSPS) is 13.2. The highest BCUT2D eigenvalue weighted by Gasteiger charge is 2.05. The predicted octanol–water partition coefficient (Wildman–Crippen LogP) is 2.71. The molecular weight excluding hydrogens is 184 g/mol. The van der Waals surface area contributed by atoms with Crippen LogP contribution >= 0.6 is 11.6 Å². The molecule has 0 radical (unpaired) electrons. The molecule has 13 heavy (non-hydrogen) atoms. The van der Waals surface area contributed by atoms with Crippen LogP contribution in [0, 0.1) is 5.92 Å². The molecule has 0 saturated carbocycles. The number of aryl methyl sites for hydroxylation is 1. The lowest BCUT2D eigenvalue weighted by molar-refractivity contribution is 0.509. The zero-order chi connectivity index (χ0) is 9.68. The van der Waals surface area contributed by atoms with Crippen LogP contribution in [-0.2, 0) is 13.0 Å². The fraction of sp³-hybridized carbons (Fsp3) is 0.700. The Labute approximate surface area is 84.9 Å². The van der Waals surface area contributed by atoms with Gasteiger partial charge in [0.1, 0.15) is 5.82 Å². The summed E-state index contributed by atoms with van der Waals surface area (Å²) < 4.78 is 2.20. The second kappa shape index (κ2) is 5.28. The molecule has 0 aromatic carbocycles. The van der Waals surface area contributed by atoms with Gasteiger partial charge in [0.25, 0.3) is 0 Å². The lowest BCUT2D eigenvalue weighted by Crippen LogP contribution is -2.11. The van der Waals surface area contributed by atoms with E-state index in [1.165, 1.54) is 5.82 Å². The smallest absolute Gasteiger partial charge is 0.108 e. The van der Waals surface area contributed by atoms with Crippen molar-refractivity contribution in [3.05, 3.63) is 18.2 Å². The third-order valence-electron chi connectivity index (χ3n) is 2.05. The minimum Gasteiger partial charge on any atom is -0.335 e. The number of nitrogens with zero attached hydrogens (tertiary/aromatic N) is 2. The number of aromatic nitrogens is 2. The Kier molecular flexibility index (Phi) is 4.29. The van der Waals surface area contributed by atoms with Crippen LogP contribution in [0.1, 0.15) is 26.1 Å². The van der Waals surface area contributed by atoms with Crippen molar-refractivity contribution in [2.24, 2.45) is 5.92 Å². The molecule has 0 saturated heterocycles. The van der Waals surface area contributed by atoms with Gasteiger partial charge in [-0.25, -0.2) is 4.98 Å². The van der Waals surface area contributed by atoms with Crippen molar-refractivity contribution in [2.75, 3.05) is 5.88 Å². The van der Waals surface area contributed by atoms with Crippen LogP contribution in [-0.4, -0.2) is 15.4 Å². The average Bonchev–Trinajstić information content (AvgIpc) is 2.54. The number of rotatable bonds is 5. The molecule has 1 atom stereocenters. The second-order valence-electron chi connectivity index (χ2n) is 3.51. The molecule has 1 aromatic rings. The summed E-state index contributed by atoms with van der Waals surface area (Å²) in [5, 5.41) is 0. The Morgan fingerprint density at radius 3 is 3.00 bits per heavy atom. The number of alkyl halides is 1. The fourth-order valence-electron chi connectivity index (χ4n) is 1.34. The molecule has 1 rings (SSSR count). The zero-order valence-electron chi connectivity index (χ0n) is 8.33. The van der Waals surface area contributed by atoms with E-state index in [9.17, 15) is 0 Å². The quantitative estimate of drug-likeness (QED) is 0.669. The molecule has 0 aliphatic rings. The van der Waals surface area contributed by atoms with E-state index in [1.807, 2.05) is 12.4 Å². The van der Waals surface area contributed by atoms with Crippen LogP contribution in [0.4, 0.5) is 0 Å². The van der Waals surface area contributed by atoms with Gasteiger partial charge in [-0.15, -0.1) is 11.6 Å². The maximum absolute atomic E-state index is 5.76. The van der Waals surface area contributed by atoms with Gasteiger partial charge in [-0.1, -0.05) is 13.8 Å². The van der Waals surface area contributed by atoms with Gasteiger partial charge in [-0.05, 0) is 12.3 Å². The van der Waals surface area contributed by atoms with Gasteiger partial charge in [0.15, 0.2) is 0 Å². The number of hydrogen-bond donors (Lipinski definition) is 0. The summed E-state index contributed by atoms with van der Waals surface area (Å²) in [5.41, 5.74) is 0. The molecule has 3 heteroatoms. The van der Waals surface area contributed by atoms with Crippen LogP contribution in [0.5, 0.6) is 0 Å². The molecule has 1 heterocycles. The molecule has 0 spiro atoms. The third kappa shape index (κ3) is 3.03. The molecule has 0 fully saturated rings. The minimum absolute atomic E-state index is 0.520. The van der Waals surface area contributed by atoms with Gasteiger partial charge in [0, 0.05) is 31.2 Å². The molecule has 1 aromatic heterocycles. The molecule has 0 aliphatic carbocycles. The summed E-state index contributed by atoms with van der Waals surface area (Å²) in [7, 11) is 0. The van der Waals surface area contributed by atoms with E-state index in [-0.39, 0.29) is 0 Å². The average molecular weight is 201 g/mol. The minimum atomic E-state index is 0.520. The van der Waals surface area contributed by atoms with Crippen molar-refractivity contribution in [1.29, 1.82) is 0 Å². The number of halogens is 1. The molecule has 74 valence electrons. The Bertz CT molecular complexity index is 245. The number of hydrogen-bond acceptors (Lipinski definition) is 1. The van der Waals surface area contributed by atoms with Crippen molar-refractivity contribution in [2.45, 2.75) is 33.2 Å². The molecule has 0 N–H and O–H groups in total. The van der Waals surface area contributed by atoms with Crippen molar-refractivity contribution in [1.82, 2.24) is 9.55 Å². The van der Waals surface area contributed by atoms with Gasteiger partial charge in [-0.2, -0.15) is 0 Å². The van der Waals surface area contributed by atoms with E-state index in [1.54, 1.807) is 0 Å². The Morgan fingerprint density at radius 1 is 1.62 bits per heavy atom. The third-order valence-corrected chi connectivity index (χ3v) is 2.57. The molecule has 1 unspecified atom stereocenters. The van der Waals surface area contributed by atoms with Crippen LogP contribution in [0.3, 0.4) is 0 Å². The SMILES string of the molecule is CCCc1nccn1CC(C)CCl.